The quantitative estimate of drug-likeness (QED) is 0.562. The Kier molecular flexibility index (Phi) is 4.70. The third kappa shape index (κ3) is 2.93. The molecule has 0 bridgehead atoms. The second kappa shape index (κ2) is 5.32. The van der Waals surface area contributed by atoms with Gasteiger partial charge in [0.15, 0.2) is 0 Å². The number of rotatable bonds is 3. The summed E-state index contributed by atoms with van der Waals surface area (Å²) in [6.07, 6.45) is 1.62. The van der Waals surface area contributed by atoms with Crippen LogP contribution in [0.4, 0.5) is 4.39 Å². The molecule has 0 nitrogen and oxygen atoms in total. The third-order valence-electron chi connectivity index (χ3n) is 1.69. The van der Waals surface area contributed by atoms with Crippen LogP contribution in [0.15, 0.2) is 16.6 Å². The maximum Gasteiger partial charge on any atom is 0.146 e. The maximum atomic E-state index is 13.4. The molecule has 0 heterocycles. The molecule has 72 valence electrons. The zero-order valence-electron chi connectivity index (χ0n) is 6.79. The summed E-state index contributed by atoms with van der Waals surface area (Å²) in [5.41, 5.74) is 0.674. The molecule has 1 aromatic carbocycles. The fourth-order valence-electron chi connectivity index (χ4n) is 1.02. The molecule has 1 rings (SSSR count). The molecule has 0 atom stereocenters. The minimum Gasteiger partial charge on any atom is -0.205 e. The van der Waals surface area contributed by atoms with Crippen LogP contribution in [0, 0.1) is 5.82 Å². The molecule has 1 aromatic rings. The van der Waals surface area contributed by atoms with E-state index in [2.05, 4.69) is 31.9 Å². The molecule has 0 saturated heterocycles. The molecular formula is C9H8Br2ClF. The molecule has 0 aliphatic heterocycles. The molecule has 0 saturated carbocycles. The van der Waals surface area contributed by atoms with E-state index in [-0.39, 0.29) is 10.8 Å². The summed E-state index contributed by atoms with van der Waals surface area (Å²) >= 11 is 12.2. The minimum absolute atomic E-state index is 0.173. The summed E-state index contributed by atoms with van der Waals surface area (Å²) in [6, 6.07) is 3.53. The Morgan fingerprint density at radius 3 is 2.69 bits per heavy atom. The summed E-state index contributed by atoms with van der Waals surface area (Å²) < 4.78 is 14.0. The van der Waals surface area contributed by atoms with Crippen LogP contribution in [0.25, 0.3) is 0 Å². The summed E-state index contributed by atoms with van der Waals surface area (Å²) in [7, 11) is 0. The fraction of sp³-hybridized carbons (Fsp3) is 0.333. The lowest BCUT2D eigenvalue weighted by atomic mass is 10.1. The van der Waals surface area contributed by atoms with Crippen LogP contribution in [0.5, 0.6) is 0 Å². The smallest absolute Gasteiger partial charge is 0.146 e. The van der Waals surface area contributed by atoms with Gasteiger partial charge in [-0.25, -0.2) is 4.39 Å². The van der Waals surface area contributed by atoms with E-state index in [1.807, 2.05) is 0 Å². The van der Waals surface area contributed by atoms with E-state index in [0.717, 1.165) is 11.8 Å². The van der Waals surface area contributed by atoms with Gasteiger partial charge in [-0.3, -0.25) is 0 Å². The maximum absolute atomic E-state index is 13.4. The molecule has 0 aliphatic rings. The van der Waals surface area contributed by atoms with Crippen molar-refractivity contribution in [3.05, 3.63) is 33.0 Å². The van der Waals surface area contributed by atoms with Crippen molar-refractivity contribution in [1.82, 2.24) is 0 Å². The first-order valence-corrected chi connectivity index (χ1v) is 6.14. The Bertz CT molecular complexity index is 302. The van der Waals surface area contributed by atoms with Crippen LogP contribution in [-0.2, 0) is 6.42 Å². The Morgan fingerprint density at radius 2 is 2.08 bits per heavy atom. The summed E-state index contributed by atoms with van der Waals surface area (Å²) in [6.45, 7) is 0. The van der Waals surface area contributed by atoms with E-state index in [4.69, 9.17) is 11.6 Å². The summed E-state index contributed by atoms with van der Waals surface area (Å²) in [5, 5.41) is 1.05. The van der Waals surface area contributed by atoms with Gasteiger partial charge in [-0.2, -0.15) is 0 Å². The topological polar surface area (TPSA) is 0 Å². The lowest BCUT2D eigenvalue weighted by Gasteiger charge is -2.04. The lowest BCUT2D eigenvalue weighted by Crippen LogP contribution is -1.92. The van der Waals surface area contributed by atoms with E-state index in [1.54, 1.807) is 12.1 Å². The van der Waals surface area contributed by atoms with Gasteiger partial charge in [0.05, 0.1) is 5.02 Å². The Balaban J connectivity index is 2.90. The van der Waals surface area contributed by atoms with Crippen molar-refractivity contribution in [3.63, 3.8) is 0 Å². The van der Waals surface area contributed by atoms with E-state index < -0.39 is 0 Å². The van der Waals surface area contributed by atoms with Crippen molar-refractivity contribution in [2.24, 2.45) is 0 Å². The van der Waals surface area contributed by atoms with Crippen molar-refractivity contribution >= 4 is 43.5 Å². The molecule has 0 fully saturated rings. The summed E-state index contributed by atoms with van der Waals surface area (Å²) in [5.74, 6) is -0.308. The first-order chi connectivity index (χ1) is 6.16. The molecular weight excluding hydrogens is 322 g/mol. The first kappa shape index (κ1) is 11.5. The van der Waals surface area contributed by atoms with Gasteiger partial charge in [-0.05, 0) is 40.4 Å². The zero-order valence-corrected chi connectivity index (χ0v) is 10.7. The number of aryl methyl sites for hydroxylation is 1. The molecule has 0 aromatic heterocycles. The van der Waals surface area contributed by atoms with Crippen LogP contribution >= 0.6 is 43.5 Å². The Morgan fingerprint density at radius 1 is 1.38 bits per heavy atom. The van der Waals surface area contributed by atoms with Gasteiger partial charge in [0, 0.05) is 9.80 Å². The molecule has 13 heavy (non-hydrogen) atoms. The van der Waals surface area contributed by atoms with Crippen molar-refractivity contribution in [2.45, 2.75) is 12.8 Å². The molecule has 4 heteroatoms. The Hall–Kier alpha value is 0.400. The highest BCUT2D eigenvalue weighted by atomic mass is 79.9. The SMILES string of the molecule is Fc1c(CCCBr)ccc(Br)c1Cl. The normalized spacial score (nSPS) is 10.5. The molecule has 0 N–H and O–H groups in total. The number of hydrogen-bond donors (Lipinski definition) is 0. The lowest BCUT2D eigenvalue weighted by molar-refractivity contribution is 0.607. The fourth-order valence-corrected chi connectivity index (χ4v) is 1.79. The van der Waals surface area contributed by atoms with Crippen LogP contribution in [0.2, 0.25) is 5.02 Å². The minimum atomic E-state index is -0.308. The van der Waals surface area contributed by atoms with Crippen LogP contribution in [0.1, 0.15) is 12.0 Å². The highest BCUT2D eigenvalue weighted by Crippen LogP contribution is 2.28. The van der Waals surface area contributed by atoms with Gasteiger partial charge in [0.2, 0.25) is 0 Å². The van der Waals surface area contributed by atoms with Gasteiger partial charge >= 0.3 is 0 Å². The van der Waals surface area contributed by atoms with Crippen LogP contribution < -0.4 is 0 Å². The van der Waals surface area contributed by atoms with Gasteiger partial charge in [-0.1, -0.05) is 33.6 Å². The predicted octanol–water partition coefficient (Wildman–Crippen LogP) is 4.57. The number of alkyl halides is 1. The van der Waals surface area contributed by atoms with Crippen LogP contribution in [-0.4, -0.2) is 5.33 Å². The highest BCUT2D eigenvalue weighted by molar-refractivity contribution is 9.10. The van der Waals surface area contributed by atoms with Crippen LogP contribution in [0.3, 0.4) is 0 Å². The van der Waals surface area contributed by atoms with E-state index in [1.165, 1.54) is 0 Å². The van der Waals surface area contributed by atoms with Gasteiger partial charge in [-0.15, -0.1) is 0 Å². The standard InChI is InChI=1S/C9H8Br2ClF/c10-5-1-2-6-3-4-7(11)8(12)9(6)13/h3-4H,1-2,5H2. The molecule has 0 amide bonds. The second-order valence-electron chi connectivity index (χ2n) is 2.63. The van der Waals surface area contributed by atoms with Crippen molar-refractivity contribution in [2.75, 3.05) is 5.33 Å². The van der Waals surface area contributed by atoms with Crippen molar-refractivity contribution in [3.8, 4) is 0 Å². The third-order valence-corrected chi connectivity index (χ3v) is 3.51. The van der Waals surface area contributed by atoms with E-state index in [0.29, 0.717) is 16.5 Å². The first-order valence-electron chi connectivity index (χ1n) is 3.85. The average Bonchev–Trinajstić information content (AvgIpc) is 2.13. The number of benzene rings is 1. The Labute approximate surface area is 98.7 Å². The van der Waals surface area contributed by atoms with Gasteiger partial charge < -0.3 is 0 Å². The largest absolute Gasteiger partial charge is 0.205 e. The number of hydrogen-bond acceptors (Lipinski definition) is 0. The molecule has 0 radical (unpaired) electrons. The molecule has 0 aliphatic carbocycles. The summed E-state index contributed by atoms with van der Waals surface area (Å²) in [4.78, 5) is 0. The van der Waals surface area contributed by atoms with E-state index >= 15 is 0 Å². The van der Waals surface area contributed by atoms with E-state index in [9.17, 15) is 4.39 Å². The zero-order chi connectivity index (χ0) is 9.84. The average molecular weight is 330 g/mol. The van der Waals surface area contributed by atoms with Crippen molar-refractivity contribution in [1.29, 1.82) is 0 Å². The van der Waals surface area contributed by atoms with Gasteiger partial charge in [0.25, 0.3) is 0 Å². The number of halogens is 4. The molecule has 0 unspecified atom stereocenters. The molecule has 0 spiro atoms. The van der Waals surface area contributed by atoms with Gasteiger partial charge in [0.1, 0.15) is 5.82 Å². The second-order valence-corrected chi connectivity index (χ2v) is 4.65. The van der Waals surface area contributed by atoms with Crippen molar-refractivity contribution < 1.29 is 4.39 Å². The monoisotopic (exact) mass is 328 g/mol. The predicted molar refractivity (Wildman–Crippen MR) is 61.2 cm³/mol. The highest BCUT2D eigenvalue weighted by Gasteiger charge is 2.09.